The summed E-state index contributed by atoms with van der Waals surface area (Å²) in [5.74, 6) is 0.635. The smallest absolute Gasteiger partial charge is 0.177 e. The molecule has 1 unspecified atom stereocenters. The summed E-state index contributed by atoms with van der Waals surface area (Å²) in [4.78, 5) is 2.39. The molecule has 1 saturated heterocycles. The maximum atomic E-state index is 11.6. The van der Waals surface area contributed by atoms with Crippen molar-refractivity contribution in [2.45, 2.75) is 18.2 Å². The van der Waals surface area contributed by atoms with E-state index in [0.29, 0.717) is 11.6 Å². The first-order chi connectivity index (χ1) is 7.89. The number of rotatable bonds is 2. The normalized spacial score (nSPS) is 20.8. The van der Waals surface area contributed by atoms with E-state index < -0.39 is 9.84 Å². The van der Waals surface area contributed by atoms with Crippen molar-refractivity contribution in [3.63, 3.8) is 0 Å². The van der Waals surface area contributed by atoms with Crippen LogP contribution in [-0.2, 0) is 9.84 Å². The fourth-order valence-corrected chi connectivity index (χ4v) is 3.12. The summed E-state index contributed by atoms with van der Waals surface area (Å²) >= 11 is 0. The molecule has 1 aromatic rings. The molecule has 0 bridgehead atoms. The fourth-order valence-electron chi connectivity index (χ4n) is 2.29. The summed E-state index contributed by atoms with van der Waals surface area (Å²) in [6.07, 6.45) is 2.32. The minimum atomic E-state index is -3.25. The van der Waals surface area contributed by atoms with E-state index in [1.807, 2.05) is 6.07 Å². The highest BCUT2D eigenvalue weighted by Crippen LogP contribution is 2.32. The average Bonchev–Trinajstić information content (AvgIpc) is 2.63. The number of sulfone groups is 1. The fraction of sp³-hybridized carbons (Fsp3) is 0.500. The maximum Gasteiger partial charge on any atom is 0.177 e. The highest BCUT2D eigenvalue weighted by atomic mass is 32.2. The Labute approximate surface area is 102 Å². The highest BCUT2D eigenvalue weighted by Gasteiger charge is 2.23. The highest BCUT2D eigenvalue weighted by molar-refractivity contribution is 7.90. The molecule has 17 heavy (non-hydrogen) atoms. The minimum absolute atomic E-state index is 0.231. The summed E-state index contributed by atoms with van der Waals surface area (Å²) in [5, 5.41) is 0. The summed E-state index contributed by atoms with van der Waals surface area (Å²) in [7, 11) is -3.25. The lowest BCUT2D eigenvalue weighted by Crippen LogP contribution is -2.21. The van der Waals surface area contributed by atoms with E-state index >= 15 is 0 Å². The van der Waals surface area contributed by atoms with Crippen LogP contribution in [0.1, 0.15) is 13.3 Å². The lowest BCUT2D eigenvalue weighted by atomic mass is 10.2. The lowest BCUT2D eigenvalue weighted by Gasteiger charge is -2.21. The molecule has 1 aromatic carbocycles. The van der Waals surface area contributed by atoms with Gasteiger partial charge in [-0.3, -0.25) is 0 Å². The molecule has 1 heterocycles. The number of nitrogens with two attached hydrogens (primary N) is 1. The van der Waals surface area contributed by atoms with Gasteiger partial charge in [0.1, 0.15) is 0 Å². The van der Waals surface area contributed by atoms with Gasteiger partial charge >= 0.3 is 0 Å². The number of benzene rings is 1. The third kappa shape index (κ3) is 2.39. The molecule has 0 saturated carbocycles. The predicted octanol–water partition coefficient (Wildman–Crippen LogP) is 1.52. The molecule has 2 N–H and O–H groups in total. The number of hydrogen-bond acceptors (Lipinski definition) is 4. The van der Waals surface area contributed by atoms with Gasteiger partial charge in [-0.15, -0.1) is 0 Å². The number of nitrogen functional groups attached to an aromatic ring is 1. The van der Waals surface area contributed by atoms with Crippen LogP contribution >= 0.6 is 0 Å². The third-order valence-electron chi connectivity index (χ3n) is 3.21. The number of para-hydroxylation sites is 1. The average molecular weight is 254 g/mol. The SMILES string of the molecule is CC1CCN(c2cccc(S(C)(=O)=O)c2N)C1. The molecule has 5 heteroatoms. The first kappa shape index (κ1) is 12.2. The first-order valence-corrected chi connectivity index (χ1v) is 7.62. The second-order valence-electron chi connectivity index (χ2n) is 4.80. The van der Waals surface area contributed by atoms with Crippen LogP contribution in [0.15, 0.2) is 23.1 Å². The monoisotopic (exact) mass is 254 g/mol. The molecule has 1 aliphatic heterocycles. The summed E-state index contributed by atoms with van der Waals surface area (Å²) < 4.78 is 23.2. The van der Waals surface area contributed by atoms with Crippen molar-refractivity contribution in [3.05, 3.63) is 18.2 Å². The molecule has 0 aromatic heterocycles. The molecule has 1 fully saturated rings. The summed E-state index contributed by atoms with van der Waals surface area (Å²) in [6, 6.07) is 5.21. The Morgan fingerprint density at radius 3 is 2.65 bits per heavy atom. The van der Waals surface area contributed by atoms with Crippen LogP contribution in [0.3, 0.4) is 0 Å². The molecule has 0 amide bonds. The maximum absolute atomic E-state index is 11.6. The van der Waals surface area contributed by atoms with E-state index in [9.17, 15) is 8.42 Å². The molecule has 4 nitrogen and oxygen atoms in total. The predicted molar refractivity (Wildman–Crippen MR) is 70.0 cm³/mol. The van der Waals surface area contributed by atoms with Crippen LogP contribution < -0.4 is 10.6 Å². The van der Waals surface area contributed by atoms with E-state index in [0.717, 1.165) is 25.2 Å². The minimum Gasteiger partial charge on any atom is -0.396 e. The Hall–Kier alpha value is -1.23. The third-order valence-corrected chi connectivity index (χ3v) is 4.36. The van der Waals surface area contributed by atoms with Gasteiger partial charge in [0, 0.05) is 19.3 Å². The zero-order chi connectivity index (χ0) is 12.6. The molecule has 94 valence electrons. The van der Waals surface area contributed by atoms with Gasteiger partial charge in [-0.05, 0) is 24.5 Å². The van der Waals surface area contributed by atoms with Crippen LogP contribution in [0.2, 0.25) is 0 Å². The van der Waals surface area contributed by atoms with Crippen molar-refractivity contribution in [3.8, 4) is 0 Å². The lowest BCUT2D eigenvalue weighted by molar-refractivity contribution is 0.602. The van der Waals surface area contributed by atoms with Crippen LogP contribution in [0.25, 0.3) is 0 Å². The number of anilines is 2. The number of hydrogen-bond donors (Lipinski definition) is 1. The molecule has 0 radical (unpaired) electrons. The molecule has 2 rings (SSSR count). The quantitative estimate of drug-likeness (QED) is 0.813. The van der Waals surface area contributed by atoms with Gasteiger partial charge in [0.2, 0.25) is 0 Å². The summed E-state index contributed by atoms with van der Waals surface area (Å²) in [5.41, 5.74) is 7.20. The molecule has 1 atom stereocenters. The molecular weight excluding hydrogens is 236 g/mol. The van der Waals surface area contributed by atoms with Crippen molar-refractivity contribution in [2.24, 2.45) is 5.92 Å². The van der Waals surface area contributed by atoms with Gasteiger partial charge < -0.3 is 10.6 Å². The molecule has 1 aliphatic rings. The van der Waals surface area contributed by atoms with E-state index in [2.05, 4.69) is 11.8 Å². The largest absolute Gasteiger partial charge is 0.396 e. The van der Waals surface area contributed by atoms with Crippen molar-refractivity contribution in [1.29, 1.82) is 0 Å². The van der Waals surface area contributed by atoms with Crippen LogP contribution in [0, 0.1) is 5.92 Å². The van der Waals surface area contributed by atoms with Gasteiger partial charge in [0.15, 0.2) is 9.84 Å². The van der Waals surface area contributed by atoms with Crippen molar-refractivity contribution in [1.82, 2.24) is 0 Å². The van der Waals surface area contributed by atoms with E-state index in [1.54, 1.807) is 12.1 Å². The Balaban J connectivity index is 2.43. The molecule has 0 aliphatic carbocycles. The van der Waals surface area contributed by atoms with Crippen molar-refractivity contribution in [2.75, 3.05) is 30.0 Å². The zero-order valence-electron chi connectivity index (χ0n) is 10.2. The van der Waals surface area contributed by atoms with E-state index in [-0.39, 0.29) is 4.90 Å². The van der Waals surface area contributed by atoms with Gasteiger partial charge in [-0.2, -0.15) is 0 Å². The van der Waals surface area contributed by atoms with Gasteiger partial charge in [0.05, 0.1) is 16.3 Å². The Kier molecular flexibility index (Phi) is 3.03. The standard InChI is InChI=1S/C12H18N2O2S/c1-9-6-7-14(8-9)10-4-3-5-11(12(10)13)17(2,15)16/h3-5,9H,6-8,13H2,1-2H3. The van der Waals surface area contributed by atoms with Gasteiger partial charge in [-0.25, -0.2) is 8.42 Å². The Morgan fingerprint density at radius 1 is 1.41 bits per heavy atom. The van der Waals surface area contributed by atoms with Crippen molar-refractivity contribution >= 4 is 21.2 Å². The van der Waals surface area contributed by atoms with E-state index in [4.69, 9.17) is 5.73 Å². The second-order valence-corrected chi connectivity index (χ2v) is 6.79. The molecular formula is C12H18N2O2S. The second kappa shape index (κ2) is 4.22. The van der Waals surface area contributed by atoms with Crippen molar-refractivity contribution < 1.29 is 8.42 Å². The van der Waals surface area contributed by atoms with Crippen LogP contribution in [0.5, 0.6) is 0 Å². The topological polar surface area (TPSA) is 63.4 Å². The Bertz CT molecular complexity index is 525. The van der Waals surface area contributed by atoms with Gasteiger partial charge in [0.25, 0.3) is 0 Å². The summed E-state index contributed by atoms with van der Waals surface area (Å²) in [6.45, 7) is 4.08. The van der Waals surface area contributed by atoms with Crippen LogP contribution in [0.4, 0.5) is 11.4 Å². The van der Waals surface area contributed by atoms with Gasteiger partial charge in [-0.1, -0.05) is 13.0 Å². The van der Waals surface area contributed by atoms with Crippen LogP contribution in [-0.4, -0.2) is 27.8 Å². The first-order valence-electron chi connectivity index (χ1n) is 5.73. The zero-order valence-corrected chi connectivity index (χ0v) is 11.0. The Morgan fingerprint density at radius 2 is 2.12 bits per heavy atom. The van der Waals surface area contributed by atoms with E-state index in [1.165, 1.54) is 6.26 Å². The number of nitrogens with zero attached hydrogens (tertiary/aromatic N) is 1. The molecule has 0 spiro atoms.